The van der Waals surface area contributed by atoms with Gasteiger partial charge in [0.2, 0.25) is 0 Å². The Kier molecular flexibility index (Phi) is 4.55. The Balaban J connectivity index is 2.32. The summed E-state index contributed by atoms with van der Waals surface area (Å²) >= 11 is 3.95. The van der Waals surface area contributed by atoms with Gasteiger partial charge in [0, 0.05) is 10.2 Å². The number of allylic oxidation sites excluding steroid dienone is 2. The van der Waals surface area contributed by atoms with Crippen LogP contribution in [-0.4, -0.2) is 4.83 Å². The van der Waals surface area contributed by atoms with Gasteiger partial charge in [-0.15, -0.1) is 0 Å². The molecule has 104 valence electrons. The van der Waals surface area contributed by atoms with Gasteiger partial charge in [-0.2, -0.15) is 0 Å². The zero-order valence-electron chi connectivity index (χ0n) is 12.6. The summed E-state index contributed by atoms with van der Waals surface area (Å²) < 4.78 is 0. The SMILES string of the molecule is CC(C)=CCC[C@@]1(C)c2cc(C)ccc2CC[C@@H]1Br. The number of benzene rings is 1. The molecule has 0 aromatic heterocycles. The van der Waals surface area contributed by atoms with E-state index in [9.17, 15) is 0 Å². The molecule has 0 saturated carbocycles. The highest BCUT2D eigenvalue weighted by atomic mass is 79.9. The van der Waals surface area contributed by atoms with E-state index < -0.39 is 0 Å². The van der Waals surface area contributed by atoms with E-state index in [1.54, 1.807) is 11.1 Å². The molecule has 2 rings (SSSR count). The van der Waals surface area contributed by atoms with Gasteiger partial charge in [0.25, 0.3) is 0 Å². The van der Waals surface area contributed by atoms with Crippen LogP contribution >= 0.6 is 15.9 Å². The molecule has 0 saturated heterocycles. The van der Waals surface area contributed by atoms with Crippen LogP contribution in [0.15, 0.2) is 29.8 Å². The van der Waals surface area contributed by atoms with E-state index in [2.05, 4.69) is 67.9 Å². The highest BCUT2D eigenvalue weighted by molar-refractivity contribution is 9.09. The summed E-state index contributed by atoms with van der Waals surface area (Å²) in [5, 5.41) is 0. The standard InChI is InChI=1S/C18H25Br/c1-13(2)6-5-11-18(4)16-12-14(3)7-8-15(16)9-10-17(18)19/h6-8,12,17H,5,9-11H2,1-4H3/t17-,18-/m0/s1. The minimum absolute atomic E-state index is 0.269. The Bertz CT molecular complexity index is 482. The molecule has 19 heavy (non-hydrogen) atoms. The van der Waals surface area contributed by atoms with Crippen molar-refractivity contribution in [1.29, 1.82) is 0 Å². The molecule has 0 amide bonds. The number of halogens is 1. The Labute approximate surface area is 126 Å². The van der Waals surface area contributed by atoms with Crippen LogP contribution in [-0.2, 0) is 11.8 Å². The van der Waals surface area contributed by atoms with Gasteiger partial charge < -0.3 is 0 Å². The maximum atomic E-state index is 3.95. The highest BCUT2D eigenvalue weighted by Crippen LogP contribution is 2.44. The van der Waals surface area contributed by atoms with Crippen LogP contribution in [0.1, 0.15) is 56.7 Å². The van der Waals surface area contributed by atoms with Crippen LogP contribution in [0, 0.1) is 6.92 Å². The lowest BCUT2D eigenvalue weighted by Gasteiger charge is -2.41. The van der Waals surface area contributed by atoms with Crippen LogP contribution in [0.25, 0.3) is 0 Å². The molecule has 0 fully saturated rings. The molecule has 1 aromatic carbocycles. The van der Waals surface area contributed by atoms with Gasteiger partial charge in [-0.1, -0.05) is 58.3 Å². The molecule has 0 radical (unpaired) electrons. The van der Waals surface area contributed by atoms with Crippen molar-refractivity contribution in [3.05, 3.63) is 46.5 Å². The molecular formula is C18H25Br. The number of alkyl halides is 1. The molecular weight excluding hydrogens is 296 g/mol. The van der Waals surface area contributed by atoms with E-state index >= 15 is 0 Å². The topological polar surface area (TPSA) is 0 Å². The lowest BCUT2D eigenvalue weighted by atomic mass is 9.68. The molecule has 0 aliphatic heterocycles. The summed E-state index contributed by atoms with van der Waals surface area (Å²) in [5.74, 6) is 0. The van der Waals surface area contributed by atoms with Crippen LogP contribution in [0.3, 0.4) is 0 Å². The Morgan fingerprint density at radius 1 is 1.42 bits per heavy atom. The predicted octanol–water partition coefficient (Wildman–Crippen LogP) is 5.71. The minimum atomic E-state index is 0.269. The van der Waals surface area contributed by atoms with Crippen molar-refractivity contribution in [3.63, 3.8) is 0 Å². The molecule has 0 N–H and O–H groups in total. The van der Waals surface area contributed by atoms with E-state index in [1.807, 2.05) is 0 Å². The van der Waals surface area contributed by atoms with Gasteiger partial charge in [0.1, 0.15) is 0 Å². The fourth-order valence-electron chi connectivity index (χ4n) is 3.16. The van der Waals surface area contributed by atoms with Gasteiger partial charge >= 0.3 is 0 Å². The Hall–Kier alpha value is -0.560. The third-order valence-electron chi connectivity index (χ3n) is 4.46. The predicted molar refractivity (Wildman–Crippen MR) is 88.2 cm³/mol. The van der Waals surface area contributed by atoms with E-state index in [1.165, 1.54) is 36.8 Å². The summed E-state index contributed by atoms with van der Waals surface area (Å²) in [6.07, 6.45) is 7.24. The van der Waals surface area contributed by atoms with E-state index in [0.717, 1.165) is 0 Å². The average Bonchev–Trinajstić information content (AvgIpc) is 2.34. The molecule has 0 bridgehead atoms. The fraction of sp³-hybridized carbons (Fsp3) is 0.556. The molecule has 1 aromatic rings. The van der Waals surface area contributed by atoms with Crippen molar-refractivity contribution in [3.8, 4) is 0 Å². The largest absolute Gasteiger partial charge is 0.0881 e. The molecule has 1 aliphatic carbocycles. The van der Waals surface area contributed by atoms with Crippen LogP contribution in [0.5, 0.6) is 0 Å². The Morgan fingerprint density at radius 3 is 2.84 bits per heavy atom. The number of fused-ring (bicyclic) bond motifs is 1. The molecule has 0 heterocycles. The lowest BCUT2D eigenvalue weighted by Crippen LogP contribution is -2.37. The number of aryl methyl sites for hydroxylation is 2. The zero-order valence-corrected chi connectivity index (χ0v) is 14.2. The molecule has 0 nitrogen and oxygen atoms in total. The maximum absolute atomic E-state index is 3.95. The van der Waals surface area contributed by atoms with Crippen molar-refractivity contribution in [2.45, 2.75) is 63.6 Å². The number of rotatable bonds is 3. The van der Waals surface area contributed by atoms with Gasteiger partial charge in [-0.3, -0.25) is 0 Å². The van der Waals surface area contributed by atoms with Gasteiger partial charge in [0.05, 0.1) is 0 Å². The van der Waals surface area contributed by atoms with Gasteiger partial charge in [-0.05, 0) is 57.6 Å². The van der Waals surface area contributed by atoms with Crippen molar-refractivity contribution < 1.29 is 0 Å². The third-order valence-corrected chi connectivity index (χ3v) is 5.92. The second kappa shape index (κ2) is 5.83. The molecule has 1 aliphatic rings. The second-order valence-corrected chi connectivity index (χ2v) is 7.51. The summed E-state index contributed by atoms with van der Waals surface area (Å²) in [5.41, 5.74) is 6.21. The average molecular weight is 321 g/mol. The summed E-state index contributed by atoms with van der Waals surface area (Å²) in [6, 6.07) is 7.00. The zero-order chi connectivity index (χ0) is 14.0. The molecule has 0 unspecified atom stereocenters. The first-order chi connectivity index (χ1) is 8.93. The highest BCUT2D eigenvalue weighted by Gasteiger charge is 2.38. The number of hydrogen-bond donors (Lipinski definition) is 0. The van der Waals surface area contributed by atoms with Crippen molar-refractivity contribution >= 4 is 15.9 Å². The van der Waals surface area contributed by atoms with Crippen molar-refractivity contribution in [1.82, 2.24) is 0 Å². The first kappa shape index (κ1) is 14.8. The first-order valence-electron chi connectivity index (χ1n) is 7.31. The van der Waals surface area contributed by atoms with Crippen LogP contribution < -0.4 is 0 Å². The minimum Gasteiger partial charge on any atom is -0.0881 e. The lowest BCUT2D eigenvalue weighted by molar-refractivity contribution is 0.387. The van der Waals surface area contributed by atoms with Crippen LogP contribution in [0.2, 0.25) is 0 Å². The Morgan fingerprint density at radius 2 is 2.16 bits per heavy atom. The monoisotopic (exact) mass is 320 g/mol. The smallest absolute Gasteiger partial charge is 0.0243 e. The third kappa shape index (κ3) is 3.13. The maximum Gasteiger partial charge on any atom is 0.0243 e. The molecule has 2 atom stereocenters. The summed E-state index contributed by atoms with van der Waals surface area (Å²) in [7, 11) is 0. The fourth-order valence-corrected chi connectivity index (χ4v) is 3.87. The van der Waals surface area contributed by atoms with E-state index in [0.29, 0.717) is 4.83 Å². The van der Waals surface area contributed by atoms with E-state index in [-0.39, 0.29) is 5.41 Å². The van der Waals surface area contributed by atoms with Crippen molar-refractivity contribution in [2.24, 2.45) is 0 Å². The molecule has 0 spiro atoms. The number of hydrogen-bond acceptors (Lipinski definition) is 0. The van der Waals surface area contributed by atoms with Gasteiger partial charge in [-0.25, -0.2) is 0 Å². The van der Waals surface area contributed by atoms with Crippen LogP contribution in [0.4, 0.5) is 0 Å². The van der Waals surface area contributed by atoms with Crippen molar-refractivity contribution in [2.75, 3.05) is 0 Å². The summed E-state index contributed by atoms with van der Waals surface area (Å²) in [6.45, 7) is 9.01. The quantitative estimate of drug-likeness (QED) is 0.494. The van der Waals surface area contributed by atoms with E-state index in [4.69, 9.17) is 0 Å². The first-order valence-corrected chi connectivity index (χ1v) is 8.22. The van der Waals surface area contributed by atoms with Gasteiger partial charge in [0.15, 0.2) is 0 Å². The second-order valence-electron chi connectivity index (χ2n) is 6.40. The summed E-state index contributed by atoms with van der Waals surface area (Å²) in [4.78, 5) is 0.597. The normalized spacial score (nSPS) is 25.8. The molecule has 1 heteroatoms.